The Labute approximate surface area is 301 Å². The summed E-state index contributed by atoms with van der Waals surface area (Å²) in [6.45, 7) is -4.20. The van der Waals surface area contributed by atoms with Crippen LogP contribution in [0.5, 0.6) is 0 Å². The van der Waals surface area contributed by atoms with Gasteiger partial charge in [-0.1, -0.05) is 4.57 Å². The van der Waals surface area contributed by atoms with Crippen molar-refractivity contribution in [2.45, 2.75) is 29.2 Å². The zero-order valence-corrected chi connectivity index (χ0v) is 30.6. The van der Waals surface area contributed by atoms with Crippen molar-refractivity contribution in [1.29, 1.82) is 0 Å². The molecule has 0 saturated heterocycles. The van der Waals surface area contributed by atoms with Crippen LogP contribution in [0.3, 0.4) is 0 Å². The SMILES string of the molecule is O.O.O=P([O-])(C(O)COO)C(COO)OO.O=P([O-])(C(O)COO)C(COO)OO.O=[P+]([O-])C(COO)OO.[Na+].[Na+].[Na+]. The summed E-state index contributed by atoms with van der Waals surface area (Å²) in [6.07, 6.45) is 0. The van der Waals surface area contributed by atoms with Crippen LogP contribution in [0.1, 0.15) is 0 Å². The first-order valence-electron chi connectivity index (χ1n) is 8.56. The fraction of sp³-hybridized carbons (Fsp3) is 1.00. The number of hydrogen-bond donors (Lipinski definition) is 10. The first kappa shape index (κ1) is 63.3. The molecule has 0 spiro atoms. The van der Waals surface area contributed by atoms with E-state index in [0.29, 0.717) is 0 Å². The van der Waals surface area contributed by atoms with Gasteiger partial charge in [-0.05, 0) is 0 Å². The average molecular weight is 727 g/mol. The van der Waals surface area contributed by atoms with Crippen molar-refractivity contribution in [3.8, 4) is 0 Å². The van der Waals surface area contributed by atoms with Gasteiger partial charge in [0, 0.05) is 0 Å². The van der Waals surface area contributed by atoms with Crippen LogP contribution in [0.4, 0.5) is 0 Å². The minimum atomic E-state index is -4.66. The first-order chi connectivity index (χ1) is 17.2. The zero-order chi connectivity index (χ0) is 29.7. The van der Waals surface area contributed by atoms with Crippen LogP contribution in [0.25, 0.3) is 0 Å². The molecule has 0 heterocycles. The maximum Gasteiger partial charge on any atom is 1.00 e. The van der Waals surface area contributed by atoms with Crippen molar-refractivity contribution in [3.05, 3.63) is 0 Å². The van der Waals surface area contributed by atoms with Crippen molar-refractivity contribution in [2.75, 3.05) is 33.0 Å². The predicted octanol–water partition coefficient (Wildman–Crippen LogP) is -13.8. The Morgan fingerprint density at radius 2 is 0.833 bits per heavy atom. The molecule has 0 aromatic heterocycles. The van der Waals surface area contributed by atoms with Crippen LogP contribution >= 0.6 is 22.8 Å². The summed E-state index contributed by atoms with van der Waals surface area (Å²) in [5, 5.41) is 81.1. The molecule has 26 nitrogen and oxygen atoms in total. The minimum absolute atomic E-state index is 0. The molecule has 0 aliphatic carbocycles. The molecule has 0 radical (unpaired) electrons. The molecule has 32 heteroatoms. The molecule has 0 rings (SSSR count). The quantitative estimate of drug-likeness (QED) is 0.0271. The zero-order valence-electron chi connectivity index (χ0n) is 22.0. The molecule has 0 bridgehead atoms. The van der Waals surface area contributed by atoms with Gasteiger partial charge in [0.05, 0.1) is 14.7 Å². The van der Waals surface area contributed by atoms with Gasteiger partial charge in [0.1, 0.15) is 38.1 Å². The summed E-state index contributed by atoms with van der Waals surface area (Å²) in [5.74, 6) is -9.56. The fourth-order valence-corrected chi connectivity index (χ4v) is 3.84. The molecular formula is C10H29Na3O26P3+. The number of aliphatic hydroxyl groups excluding tert-OH is 2. The van der Waals surface area contributed by atoms with E-state index in [1.54, 1.807) is 0 Å². The maximum absolute atomic E-state index is 11.2. The second-order valence-electron chi connectivity index (χ2n) is 5.70. The smallest absolute Gasteiger partial charge is 0.796 e. The summed E-state index contributed by atoms with van der Waals surface area (Å²) in [7, 11) is -12.3. The van der Waals surface area contributed by atoms with Gasteiger partial charge < -0.3 is 45.0 Å². The Morgan fingerprint density at radius 3 is 0.976 bits per heavy atom. The van der Waals surface area contributed by atoms with Gasteiger partial charge in [-0.2, -0.15) is 4.89 Å². The van der Waals surface area contributed by atoms with Crippen LogP contribution in [0, 0.1) is 0 Å². The van der Waals surface area contributed by atoms with E-state index >= 15 is 0 Å². The van der Waals surface area contributed by atoms with Crippen LogP contribution in [0.15, 0.2) is 0 Å². The van der Waals surface area contributed by atoms with E-state index in [-0.39, 0.29) is 99.6 Å². The van der Waals surface area contributed by atoms with E-state index in [2.05, 4.69) is 39.1 Å². The molecule has 0 amide bonds. The molecule has 8 unspecified atom stereocenters. The topological polar surface area (TPSA) is 460 Å². The third-order valence-corrected chi connectivity index (χ3v) is 8.10. The van der Waals surface area contributed by atoms with Crippen LogP contribution in [-0.2, 0) is 52.8 Å². The third-order valence-electron chi connectivity index (χ3n) is 3.33. The molecule has 42 heavy (non-hydrogen) atoms. The third kappa shape index (κ3) is 27.7. The van der Waals surface area contributed by atoms with Crippen molar-refractivity contribution in [1.82, 2.24) is 0 Å². The molecule has 242 valence electrons. The van der Waals surface area contributed by atoms with E-state index in [4.69, 9.17) is 52.3 Å². The summed E-state index contributed by atoms with van der Waals surface area (Å²) < 4.78 is 32.2. The van der Waals surface area contributed by atoms with E-state index in [0.717, 1.165) is 0 Å². The molecule has 0 aliphatic rings. The minimum Gasteiger partial charge on any atom is -0.796 e. The summed E-state index contributed by atoms with van der Waals surface area (Å²) in [5.41, 5.74) is 0. The fourth-order valence-electron chi connectivity index (χ4n) is 1.45. The van der Waals surface area contributed by atoms with Gasteiger partial charge in [0.15, 0.2) is 18.3 Å². The van der Waals surface area contributed by atoms with E-state index in [9.17, 15) is 28.4 Å². The molecule has 8 atom stereocenters. The van der Waals surface area contributed by atoms with Gasteiger partial charge in [-0.15, -0.1) is 0 Å². The number of rotatable bonds is 18. The standard InChI is InChI=1S/2C4H11O9P.C2H5O6P.3Na.2H2O/c2*5-3(1-11-6)14(9,10)4(13-8)2-12-7;3-7-1-2(8-4)9(5)6;;;;;/h2*3-8H,1-2H2,(H,9,10);2-4H,1H2;;;;2*1H2/q;;;3*+1;;/p-2. The normalized spacial score (nSPS) is 16.6. The Hall–Kier alpha value is 2.64. The molecule has 0 aromatic rings. The predicted molar refractivity (Wildman–Crippen MR) is 107 cm³/mol. The van der Waals surface area contributed by atoms with Crippen LogP contribution < -0.4 is 103 Å². The van der Waals surface area contributed by atoms with Crippen molar-refractivity contribution in [3.63, 3.8) is 0 Å². The Morgan fingerprint density at radius 1 is 0.571 bits per heavy atom. The van der Waals surface area contributed by atoms with Gasteiger partial charge in [-0.25, -0.2) is 39.5 Å². The maximum atomic E-state index is 11.2. The number of aliphatic hydroxyl groups is 2. The first-order valence-corrected chi connectivity index (χ1v) is 13.3. The Kier molecular flexibility index (Phi) is 57.4. The van der Waals surface area contributed by atoms with Gasteiger partial charge >= 0.3 is 103 Å². The van der Waals surface area contributed by atoms with Crippen LogP contribution in [0.2, 0.25) is 0 Å². The van der Waals surface area contributed by atoms with Gasteiger partial charge in [0.25, 0.3) is 0 Å². The van der Waals surface area contributed by atoms with E-state index in [1.807, 2.05) is 0 Å². The second-order valence-corrected chi connectivity index (χ2v) is 11.8. The molecule has 14 N–H and O–H groups in total. The summed E-state index contributed by atoms with van der Waals surface area (Å²) in [6, 6.07) is 0. The molecule has 0 fully saturated rings. The molecule has 0 aromatic carbocycles. The van der Waals surface area contributed by atoms with Gasteiger partial charge in [0.2, 0.25) is 0 Å². The number of hydrogen-bond acceptors (Lipinski definition) is 24. The average Bonchev–Trinajstić information content (AvgIpc) is 2.84. The van der Waals surface area contributed by atoms with Crippen molar-refractivity contribution in [2.24, 2.45) is 0 Å². The van der Waals surface area contributed by atoms with Gasteiger partial charge in [-0.3, -0.25) is 36.8 Å². The summed E-state index contributed by atoms with van der Waals surface area (Å²) >= 11 is 0. The Bertz CT molecular complexity index is 625. The molecular weight excluding hydrogens is 698 g/mol. The molecule has 0 aliphatic heterocycles. The summed E-state index contributed by atoms with van der Waals surface area (Å²) in [4.78, 5) is 59.6. The second kappa shape index (κ2) is 38.1. The van der Waals surface area contributed by atoms with Crippen molar-refractivity contribution >= 4 is 22.8 Å². The van der Waals surface area contributed by atoms with E-state index in [1.165, 1.54) is 0 Å². The Balaban J connectivity index is -0.0000000664. The molecule has 0 saturated carbocycles. The van der Waals surface area contributed by atoms with E-state index < -0.39 is 85.0 Å². The monoisotopic (exact) mass is 727 g/mol. The van der Waals surface area contributed by atoms with Crippen LogP contribution in [-0.4, -0.2) is 125 Å². The largest absolute Gasteiger partial charge is 1.00 e. The van der Waals surface area contributed by atoms with Crippen molar-refractivity contribution < 1.29 is 219 Å².